The Morgan fingerprint density at radius 2 is 1.18 bits per heavy atom. The van der Waals surface area contributed by atoms with E-state index in [9.17, 15) is 0 Å². The molecule has 60 heavy (non-hydrogen) atoms. The van der Waals surface area contributed by atoms with Gasteiger partial charge in [0.2, 0.25) is 0 Å². The molecule has 0 unspecified atom stereocenters. The van der Waals surface area contributed by atoms with E-state index in [2.05, 4.69) is 211 Å². The van der Waals surface area contributed by atoms with Crippen LogP contribution in [-0.4, -0.2) is 37.1 Å². The summed E-state index contributed by atoms with van der Waals surface area (Å²) in [6, 6.07) is 63.0. The molecule has 0 aliphatic carbocycles. The van der Waals surface area contributed by atoms with Crippen molar-refractivity contribution in [3.63, 3.8) is 0 Å². The van der Waals surface area contributed by atoms with E-state index in [-0.39, 0.29) is 26.3 Å². The third kappa shape index (κ3) is 6.34. The number of fused-ring (bicyclic) bond motifs is 5. The quantitative estimate of drug-likeness (QED) is 0.149. The molecule has 5 nitrogen and oxygen atoms in total. The maximum atomic E-state index is 6.81. The van der Waals surface area contributed by atoms with Gasteiger partial charge in [-0.2, -0.15) is 0 Å². The van der Waals surface area contributed by atoms with Crippen molar-refractivity contribution in [1.29, 1.82) is 0 Å². The van der Waals surface area contributed by atoms with E-state index in [0.717, 1.165) is 44.2 Å². The van der Waals surface area contributed by atoms with Crippen LogP contribution in [0.3, 0.4) is 0 Å². The molecule has 0 N–H and O–H groups in total. The normalized spacial score (nSPS) is 13.6. The Morgan fingerprint density at radius 1 is 0.550 bits per heavy atom. The third-order valence-electron chi connectivity index (χ3n) is 12.0. The van der Waals surface area contributed by atoms with Crippen LogP contribution >= 0.6 is 0 Å². The molecule has 0 fully saturated rings. The standard InChI is InChI=1S/C54H44N4OTe/c1-54(2,3)46-32-52(55-47-34-60-33-45(46)47)58-48-25-11-10-22-43(48)44-29-28-40(31-51(44)58)59-39-21-14-20-38(30-39)56-35-57(50-27-13-12-26-49(50)56)53-41(36-16-6-4-7-17-36)23-15-24-42(53)37-18-8-5-9-19-37/h4-32H,33-35H2,1-3H3. The van der Waals surface area contributed by atoms with Gasteiger partial charge < -0.3 is 9.80 Å². The fraction of sp³-hybridized carbons (Fsp3) is 0.130. The molecule has 2 aromatic heterocycles. The fourth-order valence-electron chi connectivity index (χ4n) is 9.20. The van der Waals surface area contributed by atoms with Gasteiger partial charge in [-0.15, -0.1) is 0 Å². The zero-order valence-electron chi connectivity index (χ0n) is 34.0. The molecule has 2 aliphatic heterocycles. The van der Waals surface area contributed by atoms with Gasteiger partial charge in [-0.1, -0.05) is 91.0 Å². The number of nitrogens with zero attached hydrogens (tertiary/aromatic N) is 4. The van der Waals surface area contributed by atoms with E-state index in [1.165, 1.54) is 65.7 Å². The molecule has 2 aliphatic rings. The number of benzene rings is 7. The molecule has 4 heterocycles. The minimum atomic E-state index is -0.0762. The molecule has 0 atom stereocenters. The predicted molar refractivity (Wildman–Crippen MR) is 250 cm³/mol. The van der Waals surface area contributed by atoms with Crippen LogP contribution in [0.1, 0.15) is 37.6 Å². The van der Waals surface area contributed by atoms with E-state index < -0.39 is 0 Å². The SMILES string of the molecule is CC(C)(C)c1cc(-n2c3ccccc3c3ccc(Oc4cccc(N5CN(c6c(-c7ccccc7)cccc6-c6ccccc6)c6ccccc65)c4)cc32)nc2c1C[Te]C2. The fourth-order valence-corrected chi connectivity index (χ4v) is 12.2. The first-order valence-electron chi connectivity index (χ1n) is 20.7. The van der Waals surface area contributed by atoms with Gasteiger partial charge in [0.25, 0.3) is 0 Å². The summed E-state index contributed by atoms with van der Waals surface area (Å²) in [6.45, 7) is 7.65. The summed E-state index contributed by atoms with van der Waals surface area (Å²) in [5.41, 5.74) is 15.9. The van der Waals surface area contributed by atoms with Gasteiger partial charge >= 0.3 is 199 Å². The zero-order valence-corrected chi connectivity index (χ0v) is 36.3. The van der Waals surface area contributed by atoms with Gasteiger partial charge in [0.05, 0.1) is 17.1 Å². The predicted octanol–water partition coefficient (Wildman–Crippen LogP) is 13.6. The first kappa shape index (κ1) is 36.7. The van der Waals surface area contributed by atoms with E-state index in [4.69, 9.17) is 9.72 Å². The van der Waals surface area contributed by atoms with Crippen molar-refractivity contribution in [3.8, 4) is 39.6 Å². The molecule has 11 rings (SSSR count). The summed E-state index contributed by atoms with van der Waals surface area (Å²) in [4.78, 5) is 10.2. The molecule has 6 heteroatoms. The molecule has 7 aromatic carbocycles. The van der Waals surface area contributed by atoms with Crippen molar-refractivity contribution in [1.82, 2.24) is 9.55 Å². The minimum absolute atomic E-state index is 0.0411. The second kappa shape index (κ2) is 14.7. The molecule has 0 amide bonds. The summed E-state index contributed by atoms with van der Waals surface area (Å²) >= 11 is -0.0762. The molecule has 0 saturated carbocycles. The Morgan fingerprint density at radius 3 is 1.92 bits per heavy atom. The van der Waals surface area contributed by atoms with Gasteiger partial charge in [-0.3, -0.25) is 0 Å². The van der Waals surface area contributed by atoms with Gasteiger partial charge in [-0.05, 0) is 29.3 Å². The molecule has 0 radical (unpaired) electrons. The summed E-state index contributed by atoms with van der Waals surface area (Å²) < 4.78 is 11.6. The Labute approximate surface area is 361 Å². The number of aromatic nitrogens is 2. The topological polar surface area (TPSA) is 33.5 Å². The molecule has 292 valence electrons. The Hall–Kier alpha value is -6.32. The van der Waals surface area contributed by atoms with Crippen molar-refractivity contribution < 1.29 is 4.74 Å². The van der Waals surface area contributed by atoms with E-state index in [1.807, 2.05) is 0 Å². The number of hydrogen-bond acceptors (Lipinski definition) is 4. The van der Waals surface area contributed by atoms with E-state index >= 15 is 0 Å². The first-order chi connectivity index (χ1) is 29.4. The third-order valence-corrected chi connectivity index (χ3v) is 14.7. The van der Waals surface area contributed by atoms with Crippen LogP contribution in [0, 0.1) is 0 Å². The monoisotopic (exact) mass is 894 g/mol. The van der Waals surface area contributed by atoms with Crippen molar-refractivity contribution in [2.75, 3.05) is 16.5 Å². The van der Waals surface area contributed by atoms with Crippen molar-refractivity contribution in [2.45, 2.75) is 35.1 Å². The summed E-state index contributed by atoms with van der Waals surface area (Å²) in [5, 5.41) is 2.41. The second-order valence-electron chi connectivity index (χ2n) is 16.7. The number of ether oxygens (including phenoxy) is 1. The summed E-state index contributed by atoms with van der Waals surface area (Å²) in [5.74, 6) is 2.58. The number of para-hydroxylation sites is 4. The Bertz CT molecular complexity index is 3020. The average Bonchev–Trinajstić information content (AvgIpc) is 4.00. The van der Waals surface area contributed by atoms with Crippen LogP contribution in [0.5, 0.6) is 11.5 Å². The molecule has 0 spiro atoms. The average molecular weight is 893 g/mol. The van der Waals surface area contributed by atoms with Crippen LogP contribution in [0.15, 0.2) is 176 Å². The maximum absolute atomic E-state index is 6.81. The molecular formula is C54H44N4OTe. The number of rotatable bonds is 7. The zero-order chi connectivity index (χ0) is 40.4. The van der Waals surface area contributed by atoms with Crippen LogP contribution in [0.2, 0.25) is 0 Å². The van der Waals surface area contributed by atoms with Gasteiger partial charge in [0, 0.05) is 11.1 Å². The molecule has 0 bridgehead atoms. The van der Waals surface area contributed by atoms with Crippen molar-refractivity contribution >= 4 is 65.5 Å². The molecular weight excluding hydrogens is 848 g/mol. The van der Waals surface area contributed by atoms with E-state index in [0.29, 0.717) is 6.67 Å². The van der Waals surface area contributed by atoms with Gasteiger partial charge in [0.1, 0.15) is 6.67 Å². The van der Waals surface area contributed by atoms with Crippen molar-refractivity contribution in [3.05, 3.63) is 193 Å². The summed E-state index contributed by atoms with van der Waals surface area (Å²) in [7, 11) is 0. The second-order valence-corrected chi connectivity index (χ2v) is 19.6. The van der Waals surface area contributed by atoms with Crippen LogP contribution in [0.4, 0.5) is 22.7 Å². The molecule has 9 aromatic rings. The van der Waals surface area contributed by atoms with Crippen molar-refractivity contribution in [2.24, 2.45) is 0 Å². The first-order valence-corrected chi connectivity index (χ1v) is 24.0. The van der Waals surface area contributed by atoms with E-state index in [1.54, 1.807) is 0 Å². The Kier molecular flexibility index (Phi) is 9.03. The van der Waals surface area contributed by atoms with Crippen LogP contribution < -0.4 is 14.5 Å². The number of hydrogen-bond donors (Lipinski definition) is 0. The van der Waals surface area contributed by atoms with Crippen LogP contribution in [0.25, 0.3) is 49.9 Å². The van der Waals surface area contributed by atoms with Crippen LogP contribution in [-0.2, 0) is 14.4 Å². The van der Waals surface area contributed by atoms with Gasteiger partial charge in [-0.25, -0.2) is 0 Å². The Balaban J connectivity index is 0.979. The number of anilines is 4. The summed E-state index contributed by atoms with van der Waals surface area (Å²) in [6.07, 6.45) is 0. The van der Waals surface area contributed by atoms with Gasteiger partial charge in [0.15, 0.2) is 0 Å². The number of pyridine rings is 1. The molecule has 0 saturated heterocycles.